The van der Waals surface area contributed by atoms with Crippen molar-refractivity contribution in [1.29, 1.82) is 0 Å². The minimum absolute atomic E-state index is 0. The Balaban J connectivity index is 0.00000256. The Bertz CT molecular complexity index is 455. The third-order valence-electron chi connectivity index (χ3n) is 1.79. The number of benzene rings is 1. The molecule has 0 aliphatic heterocycles. The van der Waals surface area contributed by atoms with Gasteiger partial charge in [0.15, 0.2) is 0 Å². The first-order valence-electron chi connectivity index (χ1n) is 4.57. The molecule has 0 atom stereocenters. The van der Waals surface area contributed by atoms with Crippen molar-refractivity contribution in [3.63, 3.8) is 0 Å². The maximum absolute atomic E-state index is 11.4. The number of nitrogens with two attached hydrogens (primary N) is 1. The molecule has 0 unspecified atom stereocenters. The van der Waals surface area contributed by atoms with E-state index in [2.05, 4.69) is 4.72 Å². The van der Waals surface area contributed by atoms with Gasteiger partial charge in [-0.05, 0) is 17.7 Å². The fourth-order valence-corrected chi connectivity index (χ4v) is 2.28. The molecule has 1 aromatic carbocycles. The van der Waals surface area contributed by atoms with E-state index in [1.165, 1.54) is 0 Å². The number of hydrogen-bond acceptors (Lipinski definition) is 5. The van der Waals surface area contributed by atoms with Gasteiger partial charge in [-0.2, -0.15) is 0 Å². The van der Waals surface area contributed by atoms with E-state index in [4.69, 9.17) is 15.8 Å². The van der Waals surface area contributed by atoms with Crippen LogP contribution in [0.3, 0.4) is 0 Å². The number of halogens is 1. The molecule has 6 nitrogen and oxygen atoms in total. The summed E-state index contributed by atoms with van der Waals surface area (Å²) in [6, 6.07) is 6.49. The maximum atomic E-state index is 11.4. The van der Waals surface area contributed by atoms with E-state index in [-0.39, 0.29) is 18.2 Å². The topological polar surface area (TPSA) is 113 Å². The van der Waals surface area contributed by atoms with Crippen molar-refractivity contribution in [2.75, 3.05) is 12.2 Å². The lowest BCUT2D eigenvalue weighted by Gasteiger charge is -2.06. The van der Waals surface area contributed by atoms with Crippen LogP contribution < -0.4 is 10.5 Å². The van der Waals surface area contributed by atoms with Gasteiger partial charge in [-0.15, -0.1) is 12.4 Å². The molecule has 0 aromatic heterocycles. The quantitative estimate of drug-likeness (QED) is 0.413. The Morgan fingerprint density at radius 3 is 2.53 bits per heavy atom. The van der Waals surface area contributed by atoms with E-state index >= 15 is 0 Å². The zero-order valence-electron chi connectivity index (χ0n) is 8.91. The summed E-state index contributed by atoms with van der Waals surface area (Å²) in [5.41, 5.74) is 6.53. The fraction of sp³-hybridized carbons (Fsp3) is 0.250. The van der Waals surface area contributed by atoms with Crippen molar-refractivity contribution in [3.8, 4) is 0 Å². The zero-order valence-corrected chi connectivity index (χ0v) is 10.5. The highest BCUT2D eigenvalue weighted by atomic mass is 35.5. The van der Waals surface area contributed by atoms with Crippen LogP contribution in [0.1, 0.15) is 5.56 Å². The molecule has 0 saturated carbocycles. The van der Waals surface area contributed by atoms with Gasteiger partial charge in [-0.1, -0.05) is 12.1 Å². The van der Waals surface area contributed by atoms with Crippen LogP contribution in [0.5, 0.6) is 0 Å². The van der Waals surface area contributed by atoms with E-state index in [9.17, 15) is 8.42 Å². The predicted octanol–water partition coefficient (Wildman–Crippen LogP) is -0.878. The maximum Gasteiger partial charge on any atom is 0.467 e. The zero-order chi connectivity index (χ0) is 12.2. The predicted molar refractivity (Wildman–Crippen MR) is 68.9 cm³/mol. The summed E-state index contributed by atoms with van der Waals surface area (Å²) in [5.74, 6) is -0.245. The van der Waals surface area contributed by atoms with Crippen LogP contribution >= 0.6 is 12.4 Å². The third kappa shape index (κ3) is 6.49. The Kier molecular flexibility index (Phi) is 6.50. The average Bonchev–Trinajstić information content (AvgIpc) is 2.14. The van der Waals surface area contributed by atoms with Crippen molar-refractivity contribution in [2.24, 2.45) is 0 Å². The van der Waals surface area contributed by atoms with Crippen molar-refractivity contribution < 1.29 is 18.5 Å². The van der Waals surface area contributed by atoms with Crippen molar-refractivity contribution in [3.05, 3.63) is 29.8 Å². The second-order valence-corrected chi connectivity index (χ2v) is 5.14. The van der Waals surface area contributed by atoms with Crippen LogP contribution in [0.4, 0.5) is 5.69 Å². The monoisotopic (exact) mass is 280 g/mol. The number of rotatable bonds is 5. The molecular weight excluding hydrogens is 266 g/mol. The molecular formula is C8H14BClN2O4S. The van der Waals surface area contributed by atoms with E-state index in [0.717, 1.165) is 0 Å². The lowest BCUT2D eigenvalue weighted by molar-refractivity contribution is 0.404. The van der Waals surface area contributed by atoms with Gasteiger partial charge in [0.1, 0.15) is 0 Å². The summed E-state index contributed by atoms with van der Waals surface area (Å²) in [6.07, 6.45) is -0.426. The molecule has 0 radical (unpaired) electrons. The van der Waals surface area contributed by atoms with Crippen LogP contribution in [-0.2, 0) is 15.8 Å². The molecule has 96 valence electrons. The van der Waals surface area contributed by atoms with E-state index < -0.39 is 23.6 Å². The normalized spacial score (nSPS) is 10.7. The molecule has 1 aromatic rings. The lowest BCUT2D eigenvalue weighted by atomic mass is 9.94. The summed E-state index contributed by atoms with van der Waals surface area (Å²) < 4.78 is 24.9. The number of hydrogen-bond donors (Lipinski definition) is 4. The van der Waals surface area contributed by atoms with Gasteiger partial charge in [0, 0.05) is 12.1 Å². The SMILES string of the molecule is Cl.Nc1cccc(CS(=O)(=O)NCB(O)O)c1. The molecule has 17 heavy (non-hydrogen) atoms. The molecule has 0 saturated heterocycles. The van der Waals surface area contributed by atoms with Crippen LogP contribution in [0, 0.1) is 0 Å². The van der Waals surface area contributed by atoms with Gasteiger partial charge < -0.3 is 15.8 Å². The van der Waals surface area contributed by atoms with Crippen molar-refractivity contribution in [2.45, 2.75) is 5.75 Å². The number of sulfonamides is 1. The van der Waals surface area contributed by atoms with E-state index in [0.29, 0.717) is 11.3 Å². The molecule has 0 fully saturated rings. The first kappa shape index (κ1) is 16.2. The first-order chi connectivity index (χ1) is 7.39. The standard InChI is InChI=1S/C8H13BN2O4S.ClH/c10-8-3-1-2-7(4-8)5-16(14,15)11-6-9(12)13;/h1-4,11-13H,5-6,10H2;1H. The lowest BCUT2D eigenvalue weighted by Crippen LogP contribution is -2.35. The molecule has 5 N–H and O–H groups in total. The minimum atomic E-state index is -3.57. The summed E-state index contributed by atoms with van der Waals surface area (Å²) in [6.45, 7) is 0. The second-order valence-electron chi connectivity index (χ2n) is 3.33. The molecule has 0 spiro atoms. The first-order valence-corrected chi connectivity index (χ1v) is 6.22. The van der Waals surface area contributed by atoms with Crippen LogP contribution in [0.15, 0.2) is 24.3 Å². The highest BCUT2D eigenvalue weighted by Crippen LogP contribution is 2.09. The van der Waals surface area contributed by atoms with Crippen molar-refractivity contribution in [1.82, 2.24) is 4.72 Å². The molecule has 0 amide bonds. The van der Waals surface area contributed by atoms with Gasteiger partial charge in [0.2, 0.25) is 10.0 Å². The fourth-order valence-electron chi connectivity index (χ4n) is 1.15. The van der Waals surface area contributed by atoms with Crippen molar-refractivity contribution >= 4 is 35.2 Å². The summed E-state index contributed by atoms with van der Waals surface area (Å²) >= 11 is 0. The third-order valence-corrected chi connectivity index (χ3v) is 3.11. The summed E-state index contributed by atoms with van der Waals surface area (Å²) in [4.78, 5) is 0. The highest BCUT2D eigenvalue weighted by molar-refractivity contribution is 7.88. The molecule has 1 rings (SSSR count). The van der Waals surface area contributed by atoms with Gasteiger partial charge in [-0.25, -0.2) is 13.1 Å². The minimum Gasteiger partial charge on any atom is -0.426 e. The number of nitrogens with one attached hydrogen (secondary N) is 1. The second kappa shape index (κ2) is 6.82. The summed E-state index contributed by atoms with van der Waals surface area (Å²) in [5, 5.41) is 17.1. The largest absolute Gasteiger partial charge is 0.467 e. The number of nitrogen functional groups attached to an aromatic ring is 1. The van der Waals surface area contributed by atoms with Gasteiger partial charge in [0.25, 0.3) is 0 Å². The Labute approximate surface area is 106 Å². The Hall–Kier alpha value is -0.795. The molecule has 0 heterocycles. The Morgan fingerprint density at radius 1 is 1.35 bits per heavy atom. The highest BCUT2D eigenvalue weighted by Gasteiger charge is 2.15. The average molecular weight is 281 g/mol. The van der Waals surface area contributed by atoms with Gasteiger partial charge in [0.05, 0.1) is 5.75 Å². The van der Waals surface area contributed by atoms with Crippen LogP contribution in [0.25, 0.3) is 0 Å². The molecule has 0 aliphatic carbocycles. The van der Waals surface area contributed by atoms with Crippen LogP contribution in [0.2, 0.25) is 0 Å². The van der Waals surface area contributed by atoms with Crippen LogP contribution in [-0.4, -0.2) is 32.0 Å². The molecule has 9 heteroatoms. The number of anilines is 1. The molecule has 0 aliphatic rings. The Morgan fingerprint density at radius 2 is 2.00 bits per heavy atom. The van der Waals surface area contributed by atoms with E-state index in [1.807, 2.05) is 0 Å². The smallest absolute Gasteiger partial charge is 0.426 e. The van der Waals surface area contributed by atoms with Gasteiger partial charge >= 0.3 is 7.12 Å². The molecule has 0 bridgehead atoms. The van der Waals surface area contributed by atoms with Gasteiger partial charge in [-0.3, -0.25) is 0 Å². The van der Waals surface area contributed by atoms with E-state index in [1.54, 1.807) is 24.3 Å². The summed E-state index contributed by atoms with van der Waals surface area (Å²) in [7, 11) is -5.27.